The Labute approximate surface area is 76.0 Å². The largest absolute Gasteiger partial charge is 0.508 e. The van der Waals surface area contributed by atoms with Gasteiger partial charge in [-0.15, -0.1) is 0 Å². The maximum atomic E-state index is 9.19. The first kappa shape index (κ1) is 8.10. The lowest BCUT2D eigenvalue weighted by atomic mass is 10.3. The predicted octanol–water partition coefficient (Wildman–Crippen LogP) is 2.49. The molecule has 0 radical (unpaired) electrons. The molecule has 0 atom stereocenters. The lowest BCUT2D eigenvalue weighted by Gasteiger charge is -1.87. The molecule has 3 nitrogen and oxygen atoms in total. The minimum Gasteiger partial charge on any atom is -0.508 e. The van der Waals surface area contributed by atoms with Gasteiger partial charge in [-0.3, -0.25) is 0 Å². The zero-order valence-corrected chi connectivity index (χ0v) is 7.45. The fourth-order valence-electron chi connectivity index (χ4n) is 1.28. The molecule has 0 spiro atoms. The van der Waals surface area contributed by atoms with Crippen molar-refractivity contribution in [2.24, 2.45) is 0 Å². The lowest BCUT2D eigenvalue weighted by molar-refractivity contribution is 0.475. The van der Waals surface area contributed by atoms with Crippen LogP contribution in [-0.2, 0) is 6.42 Å². The van der Waals surface area contributed by atoms with E-state index in [1.807, 2.05) is 0 Å². The Morgan fingerprint density at radius 3 is 3.08 bits per heavy atom. The highest BCUT2D eigenvalue weighted by Gasteiger charge is 2.04. The Balaban J connectivity index is 2.49. The number of aromatic nitrogens is 1. The number of rotatable bonds is 2. The molecule has 2 rings (SSSR count). The van der Waals surface area contributed by atoms with Crippen molar-refractivity contribution in [3.63, 3.8) is 0 Å². The summed E-state index contributed by atoms with van der Waals surface area (Å²) in [4.78, 5) is 4.24. The van der Waals surface area contributed by atoms with Crippen LogP contribution in [0.5, 0.6) is 5.75 Å². The highest BCUT2D eigenvalue weighted by molar-refractivity contribution is 5.74. The van der Waals surface area contributed by atoms with E-state index in [-0.39, 0.29) is 5.75 Å². The van der Waals surface area contributed by atoms with E-state index in [1.54, 1.807) is 18.2 Å². The number of hydrogen-bond donors (Lipinski definition) is 1. The molecule has 1 aromatic carbocycles. The summed E-state index contributed by atoms with van der Waals surface area (Å²) < 4.78 is 5.44. The normalized spacial score (nSPS) is 10.8. The summed E-state index contributed by atoms with van der Waals surface area (Å²) in [7, 11) is 0. The zero-order valence-electron chi connectivity index (χ0n) is 7.45. The number of fused-ring (bicyclic) bond motifs is 1. The van der Waals surface area contributed by atoms with Gasteiger partial charge in [0.05, 0.1) is 0 Å². The number of phenolic OH excluding ortho intramolecular Hbond substituents is 1. The van der Waals surface area contributed by atoms with Crippen LogP contribution in [0.3, 0.4) is 0 Å². The Hall–Kier alpha value is -1.51. The molecule has 0 unspecified atom stereocenters. The summed E-state index contributed by atoms with van der Waals surface area (Å²) in [6.07, 6.45) is 1.86. The Morgan fingerprint density at radius 2 is 2.31 bits per heavy atom. The van der Waals surface area contributed by atoms with Gasteiger partial charge in [-0.2, -0.15) is 0 Å². The van der Waals surface area contributed by atoms with Crippen LogP contribution in [0.1, 0.15) is 19.2 Å². The van der Waals surface area contributed by atoms with Gasteiger partial charge in [0, 0.05) is 12.5 Å². The van der Waals surface area contributed by atoms with Crippen molar-refractivity contribution in [1.82, 2.24) is 4.98 Å². The smallest absolute Gasteiger partial charge is 0.195 e. The van der Waals surface area contributed by atoms with Crippen molar-refractivity contribution in [1.29, 1.82) is 0 Å². The summed E-state index contributed by atoms with van der Waals surface area (Å²) >= 11 is 0. The molecule has 0 bridgehead atoms. The number of hydrogen-bond acceptors (Lipinski definition) is 3. The van der Waals surface area contributed by atoms with Crippen molar-refractivity contribution < 1.29 is 9.52 Å². The van der Waals surface area contributed by atoms with Gasteiger partial charge in [0.1, 0.15) is 11.3 Å². The fourth-order valence-corrected chi connectivity index (χ4v) is 1.28. The van der Waals surface area contributed by atoms with Gasteiger partial charge >= 0.3 is 0 Å². The van der Waals surface area contributed by atoms with Crippen LogP contribution in [-0.4, -0.2) is 10.1 Å². The average Bonchev–Trinajstić information content (AvgIpc) is 2.46. The lowest BCUT2D eigenvalue weighted by Crippen LogP contribution is -1.79. The van der Waals surface area contributed by atoms with Crippen molar-refractivity contribution in [2.45, 2.75) is 19.8 Å². The van der Waals surface area contributed by atoms with Crippen molar-refractivity contribution >= 4 is 11.1 Å². The third-order valence-corrected chi connectivity index (χ3v) is 1.88. The van der Waals surface area contributed by atoms with E-state index in [2.05, 4.69) is 11.9 Å². The highest BCUT2D eigenvalue weighted by Crippen LogP contribution is 2.20. The quantitative estimate of drug-likeness (QED) is 0.766. The Bertz CT molecular complexity index is 420. The maximum absolute atomic E-state index is 9.19. The van der Waals surface area contributed by atoms with Crippen LogP contribution in [0, 0.1) is 0 Å². The first-order valence-corrected chi connectivity index (χ1v) is 4.38. The summed E-state index contributed by atoms with van der Waals surface area (Å²) in [5.74, 6) is 0.965. The van der Waals surface area contributed by atoms with E-state index >= 15 is 0 Å². The highest BCUT2D eigenvalue weighted by atomic mass is 16.3. The molecule has 0 saturated carbocycles. The second-order valence-corrected chi connectivity index (χ2v) is 3.01. The first-order valence-electron chi connectivity index (χ1n) is 4.38. The SMILES string of the molecule is CCCc1nc2cc(O)ccc2o1. The molecular formula is C10H11NO2. The number of phenols is 1. The molecule has 0 aliphatic carbocycles. The molecule has 1 N–H and O–H groups in total. The molecule has 13 heavy (non-hydrogen) atoms. The standard InChI is InChI=1S/C10H11NO2/c1-2-3-10-11-8-6-7(12)4-5-9(8)13-10/h4-6,12H,2-3H2,1H3. The molecule has 0 aliphatic rings. The summed E-state index contributed by atoms with van der Waals surface area (Å²) in [5.41, 5.74) is 1.46. The van der Waals surface area contributed by atoms with Gasteiger partial charge in [0.25, 0.3) is 0 Å². The third-order valence-electron chi connectivity index (χ3n) is 1.88. The van der Waals surface area contributed by atoms with Crippen molar-refractivity contribution in [2.75, 3.05) is 0 Å². The second-order valence-electron chi connectivity index (χ2n) is 3.01. The minimum atomic E-state index is 0.226. The van der Waals surface area contributed by atoms with Crippen LogP contribution in [0.25, 0.3) is 11.1 Å². The van der Waals surface area contributed by atoms with Crippen LogP contribution in [0.2, 0.25) is 0 Å². The number of aromatic hydroxyl groups is 1. The third kappa shape index (κ3) is 1.49. The van der Waals surface area contributed by atoms with Crippen molar-refractivity contribution in [3.05, 3.63) is 24.1 Å². The fraction of sp³-hybridized carbons (Fsp3) is 0.300. The van der Waals surface area contributed by atoms with E-state index in [4.69, 9.17) is 4.42 Å². The molecule has 1 aromatic heterocycles. The van der Waals surface area contributed by atoms with Gasteiger partial charge in [-0.1, -0.05) is 6.92 Å². The first-order chi connectivity index (χ1) is 6.29. The van der Waals surface area contributed by atoms with E-state index in [0.717, 1.165) is 29.8 Å². The molecule has 0 saturated heterocycles. The van der Waals surface area contributed by atoms with Crippen molar-refractivity contribution in [3.8, 4) is 5.75 Å². The minimum absolute atomic E-state index is 0.226. The monoisotopic (exact) mass is 177 g/mol. The van der Waals surface area contributed by atoms with Gasteiger partial charge in [0.15, 0.2) is 11.5 Å². The molecule has 0 fully saturated rings. The summed E-state index contributed by atoms with van der Waals surface area (Å²) in [6, 6.07) is 4.94. The van der Waals surface area contributed by atoms with Crippen LogP contribution in [0.4, 0.5) is 0 Å². The average molecular weight is 177 g/mol. The van der Waals surface area contributed by atoms with E-state index in [0.29, 0.717) is 0 Å². The van der Waals surface area contributed by atoms with E-state index in [1.165, 1.54) is 0 Å². The van der Waals surface area contributed by atoms with Gasteiger partial charge in [0.2, 0.25) is 0 Å². The van der Waals surface area contributed by atoms with Crippen LogP contribution in [0.15, 0.2) is 22.6 Å². The Kier molecular flexibility index (Phi) is 1.93. The topological polar surface area (TPSA) is 46.3 Å². The molecule has 1 heterocycles. The molecule has 3 heteroatoms. The summed E-state index contributed by atoms with van der Waals surface area (Å²) in [5, 5.41) is 9.19. The number of aryl methyl sites for hydroxylation is 1. The number of benzene rings is 1. The van der Waals surface area contributed by atoms with Crippen LogP contribution < -0.4 is 0 Å². The molecular weight excluding hydrogens is 166 g/mol. The van der Waals surface area contributed by atoms with Gasteiger partial charge in [-0.05, 0) is 18.6 Å². The summed E-state index contributed by atoms with van der Waals surface area (Å²) in [6.45, 7) is 2.08. The number of nitrogens with zero attached hydrogens (tertiary/aromatic N) is 1. The Morgan fingerprint density at radius 1 is 1.46 bits per heavy atom. The predicted molar refractivity (Wildman–Crippen MR) is 49.7 cm³/mol. The van der Waals surface area contributed by atoms with Gasteiger partial charge < -0.3 is 9.52 Å². The maximum Gasteiger partial charge on any atom is 0.195 e. The molecule has 2 aromatic rings. The van der Waals surface area contributed by atoms with Gasteiger partial charge in [-0.25, -0.2) is 4.98 Å². The van der Waals surface area contributed by atoms with E-state index in [9.17, 15) is 5.11 Å². The van der Waals surface area contributed by atoms with Crippen LogP contribution >= 0.6 is 0 Å². The van der Waals surface area contributed by atoms with E-state index < -0.39 is 0 Å². The number of oxazole rings is 1. The second kappa shape index (κ2) is 3.09. The molecule has 0 amide bonds. The zero-order chi connectivity index (χ0) is 9.26. The molecule has 68 valence electrons. The molecule has 0 aliphatic heterocycles.